The van der Waals surface area contributed by atoms with Crippen LogP contribution in [0.5, 0.6) is 11.5 Å². The van der Waals surface area contributed by atoms with Crippen LogP contribution in [0.25, 0.3) is 0 Å². The van der Waals surface area contributed by atoms with E-state index in [2.05, 4.69) is 5.32 Å². The lowest BCUT2D eigenvalue weighted by molar-refractivity contribution is -0.127. The van der Waals surface area contributed by atoms with Crippen molar-refractivity contribution < 1.29 is 19.0 Å². The molecule has 1 amide bonds. The van der Waals surface area contributed by atoms with Crippen molar-refractivity contribution in [3.05, 3.63) is 24.3 Å². The average molecular weight is 279 g/mol. The summed E-state index contributed by atoms with van der Waals surface area (Å²) >= 11 is 0. The molecule has 2 unspecified atom stereocenters. The first-order chi connectivity index (χ1) is 9.69. The highest BCUT2D eigenvalue weighted by Crippen LogP contribution is 2.20. The number of methoxy groups -OCH3 is 1. The van der Waals surface area contributed by atoms with E-state index >= 15 is 0 Å². The van der Waals surface area contributed by atoms with Gasteiger partial charge in [-0.2, -0.15) is 0 Å². The van der Waals surface area contributed by atoms with E-state index in [-0.39, 0.29) is 12.0 Å². The van der Waals surface area contributed by atoms with Crippen molar-refractivity contribution in [2.24, 2.45) is 0 Å². The smallest absolute Gasteiger partial charge is 0.260 e. The van der Waals surface area contributed by atoms with Crippen LogP contribution < -0.4 is 14.8 Å². The molecule has 0 bridgehead atoms. The van der Waals surface area contributed by atoms with Gasteiger partial charge in [0, 0.05) is 19.2 Å². The highest BCUT2D eigenvalue weighted by Gasteiger charge is 2.19. The lowest BCUT2D eigenvalue weighted by atomic mass is 10.2. The van der Waals surface area contributed by atoms with Crippen LogP contribution in [0.15, 0.2) is 24.3 Å². The molecule has 0 aliphatic carbocycles. The Morgan fingerprint density at radius 2 is 2.30 bits per heavy atom. The Kier molecular flexibility index (Phi) is 5.24. The van der Waals surface area contributed by atoms with Gasteiger partial charge in [0.15, 0.2) is 6.10 Å². The zero-order valence-electron chi connectivity index (χ0n) is 11.9. The molecule has 1 aliphatic rings. The summed E-state index contributed by atoms with van der Waals surface area (Å²) in [6.45, 7) is 3.06. The summed E-state index contributed by atoms with van der Waals surface area (Å²) in [7, 11) is 1.59. The van der Waals surface area contributed by atoms with Crippen LogP contribution in [0.3, 0.4) is 0 Å². The number of nitrogens with one attached hydrogen (secondary N) is 1. The Hall–Kier alpha value is -1.75. The average Bonchev–Trinajstić information content (AvgIpc) is 2.98. The molecule has 2 atom stereocenters. The van der Waals surface area contributed by atoms with Crippen molar-refractivity contribution in [1.82, 2.24) is 5.32 Å². The van der Waals surface area contributed by atoms with E-state index in [0.717, 1.165) is 19.4 Å². The largest absolute Gasteiger partial charge is 0.497 e. The Bertz CT molecular complexity index is 443. The minimum atomic E-state index is -0.552. The second-order valence-electron chi connectivity index (χ2n) is 4.82. The Morgan fingerprint density at radius 3 is 3.00 bits per heavy atom. The van der Waals surface area contributed by atoms with Crippen LogP contribution in [0.4, 0.5) is 0 Å². The molecule has 1 saturated heterocycles. The highest BCUT2D eigenvalue weighted by atomic mass is 16.5. The molecule has 110 valence electrons. The summed E-state index contributed by atoms with van der Waals surface area (Å²) < 4.78 is 16.2. The zero-order chi connectivity index (χ0) is 14.4. The number of hydrogen-bond acceptors (Lipinski definition) is 4. The van der Waals surface area contributed by atoms with Crippen molar-refractivity contribution in [3.8, 4) is 11.5 Å². The van der Waals surface area contributed by atoms with Crippen molar-refractivity contribution in [3.63, 3.8) is 0 Å². The van der Waals surface area contributed by atoms with Gasteiger partial charge in [0.2, 0.25) is 0 Å². The first kappa shape index (κ1) is 14.7. The molecule has 1 aromatic carbocycles. The van der Waals surface area contributed by atoms with E-state index in [4.69, 9.17) is 14.2 Å². The fourth-order valence-electron chi connectivity index (χ4n) is 2.10. The summed E-state index contributed by atoms with van der Waals surface area (Å²) in [5.74, 6) is 1.18. The first-order valence-corrected chi connectivity index (χ1v) is 6.89. The van der Waals surface area contributed by atoms with Gasteiger partial charge in [-0.1, -0.05) is 6.07 Å². The molecular formula is C15H21NO4. The number of rotatable bonds is 6. The van der Waals surface area contributed by atoms with Gasteiger partial charge in [0.05, 0.1) is 13.2 Å². The first-order valence-electron chi connectivity index (χ1n) is 6.89. The maximum Gasteiger partial charge on any atom is 0.260 e. The summed E-state index contributed by atoms with van der Waals surface area (Å²) in [5.41, 5.74) is 0. The molecule has 5 nitrogen and oxygen atoms in total. The van der Waals surface area contributed by atoms with Gasteiger partial charge in [-0.15, -0.1) is 0 Å². The lowest BCUT2D eigenvalue weighted by Gasteiger charge is -2.16. The zero-order valence-corrected chi connectivity index (χ0v) is 11.9. The standard InChI is InChI=1S/C15H21NO4/c1-11(15(17)16-10-14-7-4-8-19-14)20-13-6-3-5-12(9-13)18-2/h3,5-6,9,11,14H,4,7-8,10H2,1-2H3,(H,16,17). The molecule has 0 spiro atoms. The van der Waals surface area contributed by atoms with Gasteiger partial charge in [-0.05, 0) is 31.9 Å². The van der Waals surface area contributed by atoms with E-state index in [1.807, 2.05) is 12.1 Å². The Morgan fingerprint density at radius 1 is 1.50 bits per heavy atom. The Labute approximate surface area is 119 Å². The fraction of sp³-hybridized carbons (Fsp3) is 0.533. The summed E-state index contributed by atoms with van der Waals surface area (Å²) in [5, 5.41) is 2.85. The molecule has 20 heavy (non-hydrogen) atoms. The number of carbonyl (C=O) groups is 1. The van der Waals surface area contributed by atoms with E-state index in [9.17, 15) is 4.79 Å². The van der Waals surface area contributed by atoms with Gasteiger partial charge >= 0.3 is 0 Å². The fourth-order valence-corrected chi connectivity index (χ4v) is 2.10. The number of benzene rings is 1. The van der Waals surface area contributed by atoms with Crippen LogP contribution >= 0.6 is 0 Å². The minimum absolute atomic E-state index is 0.136. The van der Waals surface area contributed by atoms with Gasteiger partial charge in [-0.25, -0.2) is 0 Å². The van der Waals surface area contributed by atoms with Crippen molar-refractivity contribution >= 4 is 5.91 Å². The molecule has 5 heteroatoms. The number of carbonyl (C=O) groups excluding carboxylic acids is 1. The summed E-state index contributed by atoms with van der Waals surface area (Å²) in [6, 6.07) is 7.20. The highest BCUT2D eigenvalue weighted by molar-refractivity contribution is 5.80. The van der Waals surface area contributed by atoms with Crippen LogP contribution in [-0.4, -0.2) is 38.4 Å². The van der Waals surface area contributed by atoms with Crippen LogP contribution in [0.1, 0.15) is 19.8 Å². The molecule has 1 heterocycles. The van der Waals surface area contributed by atoms with Crippen LogP contribution in [0.2, 0.25) is 0 Å². The molecule has 0 aromatic heterocycles. The molecule has 2 rings (SSSR count). The monoisotopic (exact) mass is 279 g/mol. The molecular weight excluding hydrogens is 258 g/mol. The summed E-state index contributed by atoms with van der Waals surface area (Å²) in [6.07, 6.45) is 1.66. The van der Waals surface area contributed by atoms with E-state index in [0.29, 0.717) is 18.0 Å². The van der Waals surface area contributed by atoms with Gasteiger partial charge < -0.3 is 19.5 Å². The van der Waals surface area contributed by atoms with Crippen molar-refractivity contribution in [2.45, 2.75) is 32.0 Å². The third-order valence-electron chi connectivity index (χ3n) is 3.25. The number of amides is 1. The molecule has 1 N–H and O–H groups in total. The topological polar surface area (TPSA) is 56.8 Å². The maximum absolute atomic E-state index is 11.9. The minimum Gasteiger partial charge on any atom is -0.497 e. The Balaban J connectivity index is 1.80. The number of hydrogen-bond donors (Lipinski definition) is 1. The van der Waals surface area contributed by atoms with E-state index in [1.165, 1.54) is 0 Å². The molecule has 1 aliphatic heterocycles. The lowest BCUT2D eigenvalue weighted by Crippen LogP contribution is -2.40. The van der Waals surface area contributed by atoms with Crippen LogP contribution in [0, 0.1) is 0 Å². The normalized spacial score (nSPS) is 19.4. The second-order valence-corrected chi connectivity index (χ2v) is 4.82. The van der Waals surface area contributed by atoms with Crippen molar-refractivity contribution in [2.75, 3.05) is 20.3 Å². The molecule has 1 fully saturated rings. The third-order valence-corrected chi connectivity index (χ3v) is 3.25. The van der Waals surface area contributed by atoms with E-state index < -0.39 is 6.10 Å². The predicted molar refractivity (Wildman–Crippen MR) is 75.1 cm³/mol. The SMILES string of the molecule is COc1cccc(OC(C)C(=O)NCC2CCCO2)c1. The quantitative estimate of drug-likeness (QED) is 0.862. The predicted octanol–water partition coefficient (Wildman–Crippen LogP) is 1.76. The summed E-state index contributed by atoms with van der Waals surface area (Å²) in [4.78, 5) is 11.9. The van der Waals surface area contributed by atoms with Crippen LogP contribution in [-0.2, 0) is 9.53 Å². The second kappa shape index (κ2) is 7.14. The molecule has 0 saturated carbocycles. The van der Waals surface area contributed by atoms with Gasteiger partial charge in [-0.3, -0.25) is 4.79 Å². The van der Waals surface area contributed by atoms with Gasteiger partial charge in [0.25, 0.3) is 5.91 Å². The molecule has 1 aromatic rings. The number of ether oxygens (including phenoxy) is 3. The van der Waals surface area contributed by atoms with E-state index in [1.54, 1.807) is 26.2 Å². The van der Waals surface area contributed by atoms with Crippen molar-refractivity contribution in [1.29, 1.82) is 0 Å². The molecule has 0 radical (unpaired) electrons. The third kappa shape index (κ3) is 4.13. The van der Waals surface area contributed by atoms with Gasteiger partial charge in [0.1, 0.15) is 11.5 Å². The maximum atomic E-state index is 11.9.